The molecule has 0 aliphatic heterocycles. The molecule has 0 unspecified atom stereocenters. The average molecular weight is 444 g/mol. The first-order valence-electron chi connectivity index (χ1n) is 8.66. The standard InChI is InChI=1S/C20H15Cl2N5OS/c1-12-7-8-15(21)18(17(12)22)26-16(28)10-29-20-14-9-25-27(19(14)23-11-24-20)13-5-3-2-4-6-13/h2-9,11H,10H2,1H3,(H,26,28). The van der Waals surface area contributed by atoms with E-state index in [1.54, 1.807) is 23.0 Å². The SMILES string of the molecule is Cc1ccc(Cl)c(NC(=O)CSc2ncnc3c2cnn3-c2ccccc2)c1Cl. The van der Waals surface area contributed by atoms with Gasteiger partial charge in [0.1, 0.15) is 11.4 Å². The molecule has 0 aliphatic rings. The van der Waals surface area contributed by atoms with E-state index >= 15 is 0 Å². The number of fused-ring (bicyclic) bond motifs is 1. The Bertz CT molecular complexity index is 1200. The van der Waals surface area contributed by atoms with Gasteiger partial charge in [-0.25, -0.2) is 14.6 Å². The number of anilines is 1. The summed E-state index contributed by atoms with van der Waals surface area (Å²) in [5, 5.41) is 9.48. The molecule has 0 saturated heterocycles. The van der Waals surface area contributed by atoms with E-state index in [1.165, 1.54) is 18.1 Å². The van der Waals surface area contributed by atoms with Crippen LogP contribution in [0.4, 0.5) is 5.69 Å². The van der Waals surface area contributed by atoms with Crippen molar-refractivity contribution in [2.45, 2.75) is 11.9 Å². The maximum Gasteiger partial charge on any atom is 0.234 e. The van der Waals surface area contributed by atoms with Crippen LogP contribution in [0.15, 0.2) is 60.0 Å². The molecule has 146 valence electrons. The van der Waals surface area contributed by atoms with Crippen LogP contribution in [0.5, 0.6) is 0 Å². The molecule has 6 nitrogen and oxygen atoms in total. The molecule has 2 aromatic heterocycles. The van der Waals surface area contributed by atoms with Crippen molar-refractivity contribution in [1.82, 2.24) is 19.7 Å². The molecule has 4 rings (SSSR count). The van der Waals surface area contributed by atoms with Crippen LogP contribution in [0.25, 0.3) is 16.7 Å². The number of rotatable bonds is 5. The van der Waals surface area contributed by atoms with Crippen molar-refractivity contribution in [2.24, 2.45) is 0 Å². The van der Waals surface area contributed by atoms with E-state index < -0.39 is 0 Å². The van der Waals surface area contributed by atoms with Crippen molar-refractivity contribution in [3.05, 3.63) is 70.6 Å². The minimum absolute atomic E-state index is 0.142. The Morgan fingerprint density at radius 1 is 1.14 bits per heavy atom. The highest BCUT2D eigenvalue weighted by Crippen LogP contribution is 2.33. The van der Waals surface area contributed by atoms with Gasteiger partial charge in [0, 0.05) is 0 Å². The predicted molar refractivity (Wildman–Crippen MR) is 117 cm³/mol. The Balaban J connectivity index is 1.53. The Hall–Kier alpha value is -2.61. The highest BCUT2D eigenvalue weighted by Gasteiger charge is 2.15. The molecular weight excluding hydrogens is 429 g/mol. The van der Waals surface area contributed by atoms with Crippen LogP contribution in [0, 0.1) is 6.92 Å². The topological polar surface area (TPSA) is 72.7 Å². The number of benzene rings is 2. The van der Waals surface area contributed by atoms with Crippen LogP contribution in [0.1, 0.15) is 5.56 Å². The Labute approximate surface area is 181 Å². The minimum atomic E-state index is -0.230. The molecule has 29 heavy (non-hydrogen) atoms. The van der Waals surface area contributed by atoms with Gasteiger partial charge >= 0.3 is 0 Å². The third-order valence-corrected chi connectivity index (χ3v) is 6.03. The van der Waals surface area contributed by atoms with Crippen LogP contribution >= 0.6 is 35.0 Å². The number of amides is 1. The lowest BCUT2D eigenvalue weighted by molar-refractivity contribution is -0.113. The molecule has 1 N–H and O–H groups in total. The highest BCUT2D eigenvalue weighted by molar-refractivity contribution is 8.00. The third-order valence-electron chi connectivity index (χ3n) is 4.22. The Morgan fingerprint density at radius 2 is 1.93 bits per heavy atom. The number of aromatic nitrogens is 4. The molecule has 0 radical (unpaired) electrons. The lowest BCUT2D eigenvalue weighted by atomic mass is 10.2. The number of hydrogen-bond acceptors (Lipinski definition) is 5. The van der Waals surface area contributed by atoms with Gasteiger partial charge in [-0.3, -0.25) is 4.79 Å². The van der Waals surface area contributed by atoms with Gasteiger partial charge in [0.25, 0.3) is 0 Å². The van der Waals surface area contributed by atoms with Crippen LogP contribution in [0.3, 0.4) is 0 Å². The lowest BCUT2D eigenvalue weighted by Gasteiger charge is -2.11. The van der Waals surface area contributed by atoms with E-state index in [0.717, 1.165) is 16.6 Å². The van der Waals surface area contributed by atoms with Gasteiger partial charge in [-0.1, -0.05) is 59.2 Å². The highest BCUT2D eigenvalue weighted by atomic mass is 35.5. The zero-order chi connectivity index (χ0) is 20.4. The molecule has 1 amide bonds. The molecule has 0 spiro atoms. The number of thioether (sulfide) groups is 1. The van der Waals surface area contributed by atoms with Crippen molar-refractivity contribution in [1.29, 1.82) is 0 Å². The number of nitrogens with one attached hydrogen (secondary N) is 1. The summed E-state index contributed by atoms with van der Waals surface area (Å²) >= 11 is 13.7. The van der Waals surface area contributed by atoms with Gasteiger partial charge in [0.15, 0.2) is 5.65 Å². The molecule has 0 atom stereocenters. The average Bonchev–Trinajstić information content (AvgIpc) is 3.18. The largest absolute Gasteiger partial charge is 0.323 e. The minimum Gasteiger partial charge on any atom is -0.323 e. The van der Waals surface area contributed by atoms with Crippen molar-refractivity contribution in [3.63, 3.8) is 0 Å². The summed E-state index contributed by atoms with van der Waals surface area (Å²) in [5.74, 6) is -0.0879. The number of para-hydroxylation sites is 1. The molecule has 4 aromatic rings. The predicted octanol–water partition coefficient (Wildman–Crippen LogP) is 5.16. The second kappa shape index (κ2) is 8.41. The fourth-order valence-electron chi connectivity index (χ4n) is 2.78. The maximum absolute atomic E-state index is 12.5. The van der Waals surface area contributed by atoms with E-state index in [9.17, 15) is 4.79 Å². The first-order valence-corrected chi connectivity index (χ1v) is 10.4. The molecule has 0 fully saturated rings. The monoisotopic (exact) mass is 443 g/mol. The van der Waals surface area contributed by atoms with Crippen molar-refractivity contribution in [2.75, 3.05) is 11.1 Å². The number of carbonyl (C=O) groups is 1. The second-order valence-corrected chi connectivity index (χ2v) is 7.95. The normalized spacial score (nSPS) is 11.0. The van der Waals surface area contributed by atoms with Crippen LogP contribution < -0.4 is 5.32 Å². The smallest absolute Gasteiger partial charge is 0.234 e. The van der Waals surface area contributed by atoms with Gasteiger partial charge in [-0.2, -0.15) is 5.10 Å². The van der Waals surface area contributed by atoms with Gasteiger partial charge in [0.05, 0.1) is 38.8 Å². The molecule has 0 saturated carbocycles. The summed E-state index contributed by atoms with van der Waals surface area (Å²) in [7, 11) is 0. The summed E-state index contributed by atoms with van der Waals surface area (Å²) in [5.41, 5.74) is 2.84. The van der Waals surface area contributed by atoms with E-state index in [4.69, 9.17) is 23.2 Å². The molecule has 0 bridgehead atoms. The zero-order valence-corrected chi connectivity index (χ0v) is 17.6. The van der Waals surface area contributed by atoms with Gasteiger partial charge in [-0.15, -0.1) is 0 Å². The first kappa shape index (κ1) is 19.7. The fourth-order valence-corrected chi connectivity index (χ4v) is 4.00. The molecule has 2 heterocycles. The number of nitrogens with zero attached hydrogens (tertiary/aromatic N) is 4. The Morgan fingerprint density at radius 3 is 2.72 bits per heavy atom. The summed E-state index contributed by atoms with van der Waals surface area (Å²) in [6.45, 7) is 1.85. The maximum atomic E-state index is 12.5. The number of hydrogen-bond donors (Lipinski definition) is 1. The molecule has 9 heteroatoms. The van der Waals surface area contributed by atoms with E-state index in [1.807, 2.05) is 37.3 Å². The van der Waals surface area contributed by atoms with Crippen molar-refractivity contribution < 1.29 is 4.79 Å². The van der Waals surface area contributed by atoms with Crippen LogP contribution in [-0.4, -0.2) is 31.4 Å². The first-order chi connectivity index (χ1) is 14.0. The second-order valence-electron chi connectivity index (χ2n) is 6.20. The van der Waals surface area contributed by atoms with Crippen molar-refractivity contribution >= 4 is 57.6 Å². The summed E-state index contributed by atoms with van der Waals surface area (Å²) in [6.07, 6.45) is 3.18. The zero-order valence-electron chi connectivity index (χ0n) is 15.3. The summed E-state index contributed by atoms with van der Waals surface area (Å²) in [6, 6.07) is 13.2. The number of carbonyl (C=O) groups excluding carboxylic acids is 1. The third kappa shape index (κ3) is 4.07. The van der Waals surface area contributed by atoms with Crippen LogP contribution in [0.2, 0.25) is 10.0 Å². The van der Waals surface area contributed by atoms with Crippen LogP contribution in [-0.2, 0) is 4.79 Å². The van der Waals surface area contributed by atoms with Gasteiger partial charge in [0.2, 0.25) is 5.91 Å². The Kier molecular flexibility index (Phi) is 5.71. The number of aryl methyl sites for hydroxylation is 1. The fraction of sp³-hybridized carbons (Fsp3) is 0.100. The lowest BCUT2D eigenvalue weighted by Crippen LogP contribution is -2.15. The van der Waals surface area contributed by atoms with E-state index in [-0.39, 0.29) is 11.7 Å². The number of halogens is 2. The van der Waals surface area contributed by atoms with Gasteiger partial charge in [-0.05, 0) is 30.7 Å². The molecule has 2 aromatic carbocycles. The molecular formula is C20H15Cl2N5OS. The van der Waals surface area contributed by atoms with Crippen molar-refractivity contribution in [3.8, 4) is 5.69 Å². The summed E-state index contributed by atoms with van der Waals surface area (Å²) < 4.78 is 1.74. The van der Waals surface area contributed by atoms with E-state index in [0.29, 0.717) is 26.4 Å². The summed E-state index contributed by atoms with van der Waals surface area (Å²) in [4.78, 5) is 21.1. The van der Waals surface area contributed by atoms with Gasteiger partial charge < -0.3 is 5.32 Å². The molecule has 0 aliphatic carbocycles. The van der Waals surface area contributed by atoms with E-state index in [2.05, 4.69) is 20.4 Å². The quantitative estimate of drug-likeness (QED) is 0.340.